The molecule has 3 aromatic rings. The van der Waals surface area contributed by atoms with Crippen LogP contribution in [0.15, 0.2) is 77.7 Å². The maximum absolute atomic E-state index is 14.1. The number of anilines is 1. The van der Waals surface area contributed by atoms with Crippen molar-refractivity contribution in [2.45, 2.75) is 64.1 Å². The molecule has 0 heterocycles. The lowest BCUT2D eigenvalue weighted by molar-refractivity contribution is -0.140. The third-order valence-corrected chi connectivity index (χ3v) is 8.91. The number of nitrogens with one attached hydrogen (secondary N) is 1. The molecule has 0 spiro atoms. The Morgan fingerprint density at radius 2 is 1.55 bits per heavy atom. The van der Waals surface area contributed by atoms with Crippen LogP contribution in [0, 0.1) is 6.92 Å². The van der Waals surface area contributed by atoms with E-state index in [1.54, 1.807) is 54.6 Å². The third kappa shape index (κ3) is 7.99. The van der Waals surface area contributed by atoms with Crippen molar-refractivity contribution in [2.24, 2.45) is 0 Å². The smallest absolute Gasteiger partial charge is 0.264 e. The molecular weight excluding hydrogens is 569 g/mol. The molecule has 40 heavy (non-hydrogen) atoms. The van der Waals surface area contributed by atoms with Crippen LogP contribution in [0.2, 0.25) is 10.0 Å². The van der Waals surface area contributed by atoms with Crippen molar-refractivity contribution in [3.05, 3.63) is 94.0 Å². The fourth-order valence-electron chi connectivity index (χ4n) is 4.14. The number of carbonyl (C=O) groups excluding carboxylic acids is 2. The van der Waals surface area contributed by atoms with Crippen LogP contribution in [0.1, 0.15) is 44.7 Å². The van der Waals surface area contributed by atoms with Gasteiger partial charge < -0.3 is 10.2 Å². The van der Waals surface area contributed by atoms with Crippen LogP contribution in [-0.4, -0.2) is 43.8 Å². The third-order valence-electron chi connectivity index (χ3n) is 6.64. The Morgan fingerprint density at radius 3 is 2.12 bits per heavy atom. The second kappa shape index (κ2) is 14.0. The molecule has 3 aromatic carbocycles. The lowest BCUT2D eigenvalue weighted by atomic mass is 10.1. The molecule has 0 unspecified atom stereocenters. The summed E-state index contributed by atoms with van der Waals surface area (Å²) < 4.78 is 28.8. The Morgan fingerprint density at radius 1 is 0.900 bits per heavy atom. The van der Waals surface area contributed by atoms with Crippen molar-refractivity contribution >= 4 is 50.7 Å². The molecule has 2 atom stereocenters. The van der Waals surface area contributed by atoms with Crippen molar-refractivity contribution in [1.82, 2.24) is 10.2 Å². The molecule has 0 aromatic heterocycles. The maximum Gasteiger partial charge on any atom is 0.264 e. The zero-order chi connectivity index (χ0) is 29.4. The number of rotatable bonds is 12. The quantitative estimate of drug-likeness (QED) is 0.266. The van der Waals surface area contributed by atoms with E-state index in [1.165, 1.54) is 23.1 Å². The maximum atomic E-state index is 14.1. The molecule has 10 heteroatoms. The summed E-state index contributed by atoms with van der Waals surface area (Å²) in [5, 5.41) is 3.83. The zero-order valence-electron chi connectivity index (χ0n) is 23.1. The van der Waals surface area contributed by atoms with E-state index in [1.807, 2.05) is 27.7 Å². The summed E-state index contributed by atoms with van der Waals surface area (Å²) in [6, 6.07) is 18.8. The van der Waals surface area contributed by atoms with Gasteiger partial charge in [-0.25, -0.2) is 8.42 Å². The van der Waals surface area contributed by atoms with Gasteiger partial charge in [0, 0.05) is 22.6 Å². The van der Waals surface area contributed by atoms with Crippen molar-refractivity contribution in [1.29, 1.82) is 0 Å². The van der Waals surface area contributed by atoms with Gasteiger partial charge in [0.1, 0.15) is 12.6 Å². The lowest BCUT2D eigenvalue weighted by Gasteiger charge is -2.33. The van der Waals surface area contributed by atoms with Crippen LogP contribution in [0.3, 0.4) is 0 Å². The molecule has 0 saturated heterocycles. The first-order chi connectivity index (χ1) is 19.0. The largest absolute Gasteiger partial charge is 0.352 e. The van der Waals surface area contributed by atoms with E-state index < -0.39 is 28.5 Å². The number of nitrogens with zero attached hydrogens (tertiary/aromatic N) is 2. The van der Waals surface area contributed by atoms with Gasteiger partial charge in [-0.1, -0.05) is 72.9 Å². The standard InChI is InChI=1S/C30H35Cl2N3O4S/c1-5-22(4)33-30(37)28(6-2)34(19-23-12-14-24(31)15-13-23)29(36)20-35(26-9-7-8-25(32)18-26)40(38,39)27-16-10-21(3)11-17-27/h7-18,22,28H,5-6,19-20H2,1-4H3,(H,33,37)/t22-,28+/m0/s1. The van der Waals surface area contributed by atoms with Gasteiger partial charge >= 0.3 is 0 Å². The molecule has 1 N–H and O–H groups in total. The summed E-state index contributed by atoms with van der Waals surface area (Å²) in [5.74, 6) is -0.827. The van der Waals surface area contributed by atoms with E-state index in [-0.39, 0.29) is 29.1 Å². The average molecular weight is 605 g/mol. The van der Waals surface area contributed by atoms with E-state index in [2.05, 4.69) is 5.32 Å². The first kappa shape index (κ1) is 31.5. The van der Waals surface area contributed by atoms with E-state index in [0.29, 0.717) is 16.5 Å². The fourth-order valence-corrected chi connectivity index (χ4v) is 5.86. The lowest BCUT2D eigenvalue weighted by Crippen LogP contribution is -2.53. The first-order valence-electron chi connectivity index (χ1n) is 13.2. The average Bonchev–Trinajstić information content (AvgIpc) is 2.92. The Labute approximate surface area is 247 Å². The minimum absolute atomic E-state index is 0.0386. The number of aryl methyl sites for hydroxylation is 1. The molecule has 2 amide bonds. The second-order valence-corrected chi connectivity index (χ2v) is 12.4. The van der Waals surface area contributed by atoms with Crippen LogP contribution in [0.4, 0.5) is 5.69 Å². The van der Waals surface area contributed by atoms with Crippen molar-refractivity contribution in [3.63, 3.8) is 0 Å². The summed E-state index contributed by atoms with van der Waals surface area (Å²) in [6.07, 6.45) is 1.06. The monoisotopic (exact) mass is 603 g/mol. The molecule has 0 fully saturated rings. The highest BCUT2D eigenvalue weighted by atomic mass is 35.5. The Bertz CT molecular complexity index is 1410. The predicted octanol–water partition coefficient (Wildman–Crippen LogP) is 6.22. The van der Waals surface area contributed by atoms with Gasteiger partial charge in [0.25, 0.3) is 10.0 Å². The Kier molecular flexibility index (Phi) is 11.0. The number of amides is 2. The van der Waals surface area contributed by atoms with Crippen LogP contribution in [0.5, 0.6) is 0 Å². The summed E-state index contributed by atoms with van der Waals surface area (Å²) in [5.41, 5.74) is 1.89. The molecule has 0 bridgehead atoms. The SMILES string of the molecule is CC[C@H](C(=O)N[C@@H](C)CC)N(Cc1ccc(Cl)cc1)C(=O)CN(c1cccc(Cl)c1)S(=O)(=O)c1ccc(C)cc1. The molecule has 0 aliphatic heterocycles. The van der Waals surface area contributed by atoms with Gasteiger partial charge in [0.2, 0.25) is 11.8 Å². The first-order valence-corrected chi connectivity index (χ1v) is 15.3. The topological polar surface area (TPSA) is 86.8 Å². The van der Waals surface area contributed by atoms with Gasteiger partial charge in [-0.05, 0) is 74.7 Å². The van der Waals surface area contributed by atoms with Crippen LogP contribution in [-0.2, 0) is 26.2 Å². The fraction of sp³-hybridized carbons (Fsp3) is 0.333. The molecule has 3 rings (SSSR count). The second-order valence-electron chi connectivity index (χ2n) is 9.69. The minimum atomic E-state index is -4.16. The summed E-state index contributed by atoms with van der Waals surface area (Å²) in [4.78, 5) is 28.8. The molecule has 0 aliphatic rings. The Hall–Kier alpha value is -3.07. The van der Waals surface area contributed by atoms with E-state index in [4.69, 9.17) is 23.2 Å². The summed E-state index contributed by atoms with van der Waals surface area (Å²) in [6.45, 7) is 7.10. The number of benzene rings is 3. The van der Waals surface area contributed by atoms with E-state index in [0.717, 1.165) is 21.9 Å². The number of carbonyl (C=O) groups is 2. The summed E-state index contributed by atoms with van der Waals surface area (Å²) >= 11 is 12.3. The minimum Gasteiger partial charge on any atom is -0.352 e. The van der Waals surface area contributed by atoms with Gasteiger partial charge in [-0.2, -0.15) is 0 Å². The van der Waals surface area contributed by atoms with E-state index in [9.17, 15) is 18.0 Å². The molecular formula is C30H35Cl2N3O4S. The van der Waals surface area contributed by atoms with Gasteiger partial charge in [0.15, 0.2) is 0 Å². The Balaban J connectivity index is 2.05. The molecule has 214 valence electrons. The van der Waals surface area contributed by atoms with Crippen LogP contribution in [0.25, 0.3) is 0 Å². The number of sulfonamides is 1. The highest BCUT2D eigenvalue weighted by molar-refractivity contribution is 7.92. The normalized spacial score (nSPS) is 12.8. The molecule has 7 nitrogen and oxygen atoms in total. The number of hydrogen-bond donors (Lipinski definition) is 1. The molecule has 0 saturated carbocycles. The molecule has 0 aliphatic carbocycles. The number of hydrogen-bond acceptors (Lipinski definition) is 4. The van der Waals surface area contributed by atoms with Crippen molar-refractivity contribution in [2.75, 3.05) is 10.8 Å². The van der Waals surface area contributed by atoms with Gasteiger partial charge in [0.05, 0.1) is 10.6 Å². The van der Waals surface area contributed by atoms with Crippen LogP contribution < -0.4 is 9.62 Å². The highest BCUT2D eigenvalue weighted by Crippen LogP contribution is 2.27. The zero-order valence-corrected chi connectivity index (χ0v) is 25.4. The van der Waals surface area contributed by atoms with Gasteiger partial charge in [-0.15, -0.1) is 0 Å². The van der Waals surface area contributed by atoms with Crippen molar-refractivity contribution in [3.8, 4) is 0 Å². The highest BCUT2D eigenvalue weighted by Gasteiger charge is 2.34. The summed E-state index contributed by atoms with van der Waals surface area (Å²) in [7, 11) is -4.16. The van der Waals surface area contributed by atoms with Crippen molar-refractivity contribution < 1.29 is 18.0 Å². The number of halogens is 2. The molecule has 0 radical (unpaired) electrons. The van der Waals surface area contributed by atoms with E-state index >= 15 is 0 Å². The predicted molar refractivity (Wildman–Crippen MR) is 161 cm³/mol. The van der Waals surface area contributed by atoms with Gasteiger partial charge in [-0.3, -0.25) is 13.9 Å². The van der Waals surface area contributed by atoms with Crippen LogP contribution >= 0.6 is 23.2 Å².